The fourth-order valence-corrected chi connectivity index (χ4v) is 2.72. The monoisotopic (exact) mass is 333 g/mol. The van der Waals surface area contributed by atoms with Crippen LogP contribution in [-0.4, -0.2) is 54.0 Å². The van der Waals surface area contributed by atoms with Crippen molar-refractivity contribution in [1.82, 2.24) is 20.4 Å². The highest BCUT2D eigenvalue weighted by Gasteiger charge is 2.23. The standard InChI is InChI=1S/C16H20FN5O2/c17-13-3-1-12(2-4-13)15(22-5-7-24-8-6-22)11-18-16(23)21-14-9-19-20-10-14/h1-4,9-10,15H,5-8,11H2,(H,19,20)(H2,18,21,23)/t15-/m1/s1. The van der Waals surface area contributed by atoms with Gasteiger partial charge in [-0.15, -0.1) is 0 Å². The van der Waals surface area contributed by atoms with Crippen molar-refractivity contribution in [2.24, 2.45) is 0 Å². The number of anilines is 1. The zero-order valence-corrected chi connectivity index (χ0v) is 13.2. The van der Waals surface area contributed by atoms with Crippen LogP contribution in [0, 0.1) is 5.82 Å². The number of hydrogen-bond donors (Lipinski definition) is 3. The van der Waals surface area contributed by atoms with E-state index in [1.807, 2.05) is 0 Å². The lowest BCUT2D eigenvalue weighted by Gasteiger charge is -2.34. The summed E-state index contributed by atoms with van der Waals surface area (Å²) in [6, 6.07) is 6.04. The van der Waals surface area contributed by atoms with Crippen LogP contribution in [0.25, 0.3) is 0 Å². The summed E-state index contributed by atoms with van der Waals surface area (Å²) in [5.74, 6) is -0.273. The summed E-state index contributed by atoms with van der Waals surface area (Å²) in [6.45, 7) is 3.26. The van der Waals surface area contributed by atoms with Crippen molar-refractivity contribution in [3.8, 4) is 0 Å². The summed E-state index contributed by atoms with van der Waals surface area (Å²) in [6.07, 6.45) is 3.12. The number of aromatic nitrogens is 2. The molecule has 128 valence electrons. The molecule has 1 atom stereocenters. The number of ether oxygens (including phenoxy) is 1. The average Bonchev–Trinajstić information content (AvgIpc) is 3.10. The van der Waals surface area contributed by atoms with Crippen molar-refractivity contribution in [3.05, 3.63) is 48.0 Å². The van der Waals surface area contributed by atoms with Gasteiger partial charge in [0.2, 0.25) is 0 Å². The maximum atomic E-state index is 13.2. The van der Waals surface area contributed by atoms with Crippen LogP contribution in [0.4, 0.5) is 14.9 Å². The van der Waals surface area contributed by atoms with E-state index < -0.39 is 0 Å². The largest absolute Gasteiger partial charge is 0.379 e. The van der Waals surface area contributed by atoms with Crippen LogP contribution in [0.1, 0.15) is 11.6 Å². The van der Waals surface area contributed by atoms with Crippen LogP contribution < -0.4 is 10.6 Å². The first-order chi connectivity index (χ1) is 11.7. The molecule has 2 amide bonds. The third-order valence-corrected chi connectivity index (χ3v) is 3.95. The van der Waals surface area contributed by atoms with E-state index in [0.29, 0.717) is 25.4 Å². The number of amides is 2. The predicted octanol–water partition coefficient (Wildman–Crippen LogP) is 1.74. The number of carbonyl (C=O) groups is 1. The number of aromatic amines is 1. The van der Waals surface area contributed by atoms with Crippen LogP contribution in [0.15, 0.2) is 36.7 Å². The lowest BCUT2D eigenvalue weighted by molar-refractivity contribution is 0.0167. The number of rotatable bonds is 5. The Morgan fingerprint density at radius 2 is 2.08 bits per heavy atom. The topological polar surface area (TPSA) is 82.3 Å². The Morgan fingerprint density at radius 3 is 2.75 bits per heavy atom. The molecule has 0 aliphatic carbocycles. The van der Waals surface area contributed by atoms with Gasteiger partial charge in [-0.3, -0.25) is 10.00 Å². The molecule has 1 fully saturated rings. The first-order valence-corrected chi connectivity index (χ1v) is 7.83. The predicted molar refractivity (Wildman–Crippen MR) is 87.1 cm³/mol. The molecule has 3 rings (SSSR count). The molecule has 1 saturated heterocycles. The molecule has 8 heteroatoms. The lowest BCUT2D eigenvalue weighted by Crippen LogP contribution is -2.44. The minimum atomic E-state index is -0.309. The maximum absolute atomic E-state index is 13.2. The second kappa shape index (κ2) is 7.89. The van der Waals surface area contributed by atoms with Crippen molar-refractivity contribution in [3.63, 3.8) is 0 Å². The number of hydrogen-bond acceptors (Lipinski definition) is 4. The lowest BCUT2D eigenvalue weighted by atomic mass is 10.0. The third-order valence-electron chi connectivity index (χ3n) is 3.95. The summed E-state index contributed by atoms with van der Waals surface area (Å²) in [5.41, 5.74) is 1.55. The summed E-state index contributed by atoms with van der Waals surface area (Å²) < 4.78 is 18.6. The number of benzene rings is 1. The summed E-state index contributed by atoms with van der Waals surface area (Å²) in [7, 11) is 0. The van der Waals surface area contributed by atoms with Gasteiger partial charge in [0.1, 0.15) is 5.82 Å². The Bertz CT molecular complexity index is 641. The highest BCUT2D eigenvalue weighted by Crippen LogP contribution is 2.21. The van der Waals surface area contributed by atoms with Gasteiger partial charge in [0.15, 0.2) is 0 Å². The molecular weight excluding hydrogens is 313 g/mol. The molecule has 3 N–H and O–H groups in total. The second-order valence-corrected chi connectivity index (χ2v) is 5.54. The van der Waals surface area contributed by atoms with Crippen LogP contribution >= 0.6 is 0 Å². The van der Waals surface area contributed by atoms with Gasteiger partial charge in [0.25, 0.3) is 0 Å². The highest BCUT2D eigenvalue weighted by atomic mass is 19.1. The zero-order chi connectivity index (χ0) is 16.8. The minimum absolute atomic E-state index is 0.0374. The van der Waals surface area contributed by atoms with Crippen molar-refractivity contribution < 1.29 is 13.9 Å². The number of nitrogens with one attached hydrogen (secondary N) is 3. The van der Waals surface area contributed by atoms with E-state index in [4.69, 9.17) is 4.74 Å². The van der Waals surface area contributed by atoms with Crippen molar-refractivity contribution >= 4 is 11.7 Å². The zero-order valence-electron chi connectivity index (χ0n) is 13.2. The molecule has 2 heterocycles. The van der Waals surface area contributed by atoms with Gasteiger partial charge in [0, 0.05) is 25.8 Å². The van der Waals surface area contributed by atoms with E-state index in [0.717, 1.165) is 18.7 Å². The number of H-pyrrole nitrogens is 1. The highest BCUT2D eigenvalue weighted by molar-refractivity contribution is 5.88. The minimum Gasteiger partial charge on any atom is -0.379 e. The molecule has 0 radical (unpaired) electrons. The normalized spacial score (nSPS) is 16.5. The fourth-order valence-electron chi connectivity index (χ4n) is 2.72. The van der Waals surface area contributed by atoms with E-state index in [2.05, 4.69) is 25.7 Å². The molecule has 2 aromatic rings. The van der Waals surface area contributed by atoms with E-state index in [1.54, 1.807) is 18.3 Å². The van der Waals surface area contributed by atoms with Crippen molar-refractivity contribution in [2.45, 2.75) is 6.04 Å². The quantitative estimate of drug-likeness (QED) is 0.778. The summed E-state index contributed by atoms with van der Waals surface area (Å²) in [4.78, 5) is 14.2. The second-order valence-electron chi connectivity index (χ2n) is 5.54. The maximum Gasteiger partial charge on any atom is 0.319 e. The van der Waals surface area contributed by atoms with Gasteiger partial charge in [-0.05, 0) is 17.7 Å². The molecule has 0 spiro atoms. The molecule has 7 nitrogen and oxygen atoms in total. The number of morpholine rings is 1. The van der Waals surface area contributed by atoms with Crippen molar-refractivity contribution in [1.29, 1.82) is 0 Å². The molecule has 1 aromatic carbocycles. The van der Waals surface area contributed by atoms with Gasteiger partial charge in [-0.2, -0.15) is 5.10 Å². The van der Waals surface area contributed by atoms with Crippen LogP contribution in [0.3, 0.4) is 0 Å². The summed E-state index contributed by atoms with van der Waals surface area (Å²) >= 11 is 0. The fraction of sp³-hybridized carbons (Fsp3) is 0.375. The number of nitrogens with zero attached hydrogens (tertiary/aromatic N) is 2. The van der Waals surface area contributed by atoms with Gasteiger partial charge in [-0.25, -0.2) is 9.18 Å². The molecule has 0 unspecified atom stereocenters. The Kier molecular flexibility index (Phi) is 5.39. The molecular formula is C16H20FN5O2. The molecule has 1 aliphatic rings. The molecule has 1 aromatic heterocycles. The number of carbonyl (C=O) groups excluding carboxylic acids is 1. The third kappa shape index (κ3) is 4.30. The first kappa shape index (κ1) is 16.4. The molecule has 24 heavy (non-hydrogen) atoms. The van der Waals surface area contributed by atoms with Gasteiger partial charge >= 0.3 is 6.03 Å². The Balaban J connectivity index is 1.65. The molecule has 1 aliphatic heterocycles. The Hall–Kier alpha value is -2.45. The van der Waals surface area contributed by atoms with Crippen molar-refractivity contribution in [2.75, 3.05) is 38.2 Å². The van der Waals surface area contributed by atoms with Gasteiger partial charge in [-0.1, -0.05) is 12.1 Å². The van der Waals surface area contributed by atoms with E-state index in [1.165, 1.54) is 18.3 Å². The number of halogens is 1. The molecule has 0 saturated carbocycles. The molecule has 0 bridgehead atoms. The van der Waals surface area contributed by atoms with E-state index >= 15 is 0 Å². The van der Waals surface area contributed by atoms with E-state index in [9.17, 15) is 9.18 Å². The van der Waals surface area contributed by atoms with Gasteiger partial charge < -0.3 is 15.4 Å². The van der Waals surface area contributed by atoms with Crippen LogP contribution in [0.2, 0.25) is 0 Å². The first-order valence-electron chi connectivity index (χ1n) is 7.83. The van der Waals surface area contributed by atoms with E-state index in [-0.39, 0.29) is 17.9 Å². The summed E-state index contributed by atoms with van der Waals surface area (Å²) in [5, 5.41) is 12.0. The SMILES string of the molecule is O=C(NC[C@H](c1ccc(F)cc1)N1CCOCC1)Nc1cn[nH]c1. The van der Waals surface area contributed by atoms with Crippen LogP contribution in [0.5, 0.6) is 0 Å². The smallest absolute Gasteiger partial charge is 0.319 e. The van der Waals surface area contributed by atoms with Gasteiger partial charge in [0.05, 0.1) is 31.1 Å². The Morgan fingerprint density at radius 1 is 1.33 bits per heavy atom. The average molecular weight is 333 g/mol. The number of urea groups is 1. The van der Waals surface area contributed by atoms with Crippen LogP contribution in [-0.2, 0) is 4.74 Å². The Labute approximate surface area is 139 Å².